The Morgan fingerprint density at radius 2 is 1.74 bits per heavy atom. The van der Waals surface area contributed by atoms with Crippen molar-refractivity contribution in [2.24, 2.45) is 5.92 Å². The highest BCUT2D eigenvalue weighted by atomic mass is 19.3. The minimum atomic E-state index is -2.91. The molecular formula is C26H32F2O3. The highest BCUT2D eigenvalue weighted by Gasteiger charge is 2.28. The molecule has 0 aromatic heterocycles. The van der Waals surface area contributed by atoms with E-state index in [-0.39, 0.29) is 36.0 Å². The van der Waals surface area contributed by atoms with E-state index < -0.39 is 17.7 Å². The van der Waals surface area contributed by atoms with Crippen LogP contribution in [-0.2, 0) is 6.42 Å². The Kier molecular flexibility index (Phi) is 8.05. The van der Waals surface area contributed by atoms with E-state index >= 15 is 0 Å². The summed E-state index contributed by atoms with van der Waals surface area (Å²) < 4.78 is 32.1. The summed E-state index contributed by atoms with van der Waals surface area (Å²) in [6, 6.07) is 11.6. The fourth-order valence-corrected chi connectivity index (χ4v) is 4.62. The van der Waals surface area contributed by atoms with E-state index in [4.69, 9.17) is 4.74 Å². The molecule has 0 heterocycles. The van der Waals surface area contributed by atoms with Gasteiger partial charge < -0.3 is 9.84 Å². The summed E-state index contributed by atoms with van der Waals surface area (Å²) >= 11 is 0. The molecule has 1 aliphatic carbocycles. The zero-order valence-electron chi connectivity index (χ0n) is 18.4. The molecule has 0 amide bonds. The molecule has 31 heavy (non-hydrogen) atoms. The van der Waals surface area contributed by atoms with Crippen molar-refractivity contribution in [1.82, 2.24) is 0 Å². The van der Waals surface area contributed by atoms with Crippen LogP contribution in [0.3, 0.4) is 0 Å². The normalized spacial score (nSPS) is 18.9. The Morgan fingerprint density at radius 1 is 1.06 bits per heavy atom. The second-order valence-corrected chi connectivity index (χ2v) is 8.44. The molecule has 0 spiro atoms. The Morgan fingerprint density at radius 3 is 2.32 bits per heavy atom. The Balaban J connectivity index is 1.61. The molecule has 5 heteroatoms. The molecule has 1 N–H and O–H groups in total. The van der Waals surface area contributed by atoms with Crippen molar-refractivity contribution in [3.63, 3.8) is 0 Å². The fraction of sp³-hybridized carbons (Fsp3) is 0.500. The topological polar surface area (TPSA) is 46.5 Å². The number of ether oxygens (including phenoxy) is 1. The molecule has 0 bridgehead atoms. The van der Waals surface area contributed by atoms with E-state index in [0.29, 0.717) is 5.92 Å². The lowest BCUT2D eigenvalue weighted by molar-refractivity contribution is 0.0943. The fourth-order valence-electron chi connectivity index (χ4n) is 4.62. The summed E-state index contributed by atoms with van der Waals surface area (Å²) in [4.78, 5) is 12.8. The number of benzene rings is 2. The third-order valence-corrected chi connectivity index (χ3v) is 6.31. The lowest BCUT2D eigenvalue weighted by Gasteiger charge is -2.28. The van der Waals surface area contributed by atoms with Crippen molar-refractivity contribution in [2.75, 3.05) is 6.61 Å². The van der Waals surface area contributed by atoms with E-state index in [9.17, 15) is 18.7 Å². The number of hydrogen-bond acceptors (Lipinski definition) is 3. The van der Waals surface area contributed by atoms with Crippen molar-refractivity contribution >= 4 is 5.78 Å². The highest BCUT2D eigenvalue weighted by molar-refractivity contribution is 5.99. The zero-order valence-corrected chi connectivity index (χ0v) is 18.4. The van der Waals surface area contributed by atoms with Gasteiger partial charge in [-0.1, -0.05) is 37.6 Å². The summed E-state index contributed by atoms with van der Waals surface area (Å²) in [5.74, 6) is -0.283. The molecule has 0 aliphatic heterocycles. The summed E-state index contributed by atoms with van der Waals surface area (Å²) in [6.45, 7) is 4.07. The van der Waals surface area contributed by atoms with Crippen molar-refractivity contribution in [2.45, 2.75) is 71.1 Å². The molecule has 2 aromatic rings. The minimum Gasteiger partial charge on any atom is -0.507 e. The number of aromatic hydroxyl groups is 1. The van der Waals surface area contributed by atoms with Gasteiger partial charge in [0.2, 0.25) is 0 Å². The maximum atomic E-state index is 13.4. The number of phenolic OH excluding ortho intramolecular Hbond substituents is 1. The van der Waals surface area contributed by atoms with Gasteiger partial charge in [0.1, 0.15) is 17.1 Å². The summed E-state index contributed by atoms with van der Waals surface area (Å²) in [5.41, 5.74) is 2.09. The van der Waals surface area contributed by atoms with E-state index in [1.54, 1.807) is 6.92 Å². The molecule has 168 valence electrons. The summed E-state index contributed by atoms with van der Waals surface area (Å²) in [6.07, 6.45) is 3.48. The van der Waals surface area contributed by atoms with Crippen molar-refractivity contribution in [3.05, 3.63) is 58.7 Å². The van der Waals surface area contributed by atoms with Crippen LogP contribution in [-0.4, -0.2) is 17.5 Å². The molecule has 0 saturated heterocycles. The summed E-state index contributed by atoms with van der Waals surface area (Å²) in [5, 5.41) is 10.3. The Labute approximate surface area is 183 Å². The SMILES string of the molecule is CCCc1ccc(C2CCC(CC(=O)c3ccc(OCC)c(C(F)F)c3O)CC2)cc1. The Bertz CT molecular complexity index is 869. The predicted octanol–water partition coefficient (Wildman–Crippen LogP) is 7.23. The van der Waals surface area contributed by atoms with Gasteiger partial charge in [0, 0.05) is 6.42 Å². The van der Waals surface area contributed by atoms with Crippen LogP contribution in [0.25, 0.3) is 0 Å². The first kappa shape index (κ1) is 23.2. The van der Waals surface area contributed by atoms with Gasteiger partial charge in [-0.2, -0.15) is 0 Å². The lowest BCUT2D eigenvalue weighted by Crippen LogP contribution is -2.17. The van der Waals surface area contributed by atoms with Gasteiger partial charge in [-0.3, -0.25) is 4.79 Å². The van der Waals surface area contributed by atoms with Gasteiger partial charge in [-0.15, -0.1) is 0 Å². The number of rotatable bonds is 9. The number of hydrogen-bond donors (Lipinski definition) is 1. The van der Waals surface area contributed by atoms with Gasteiger partial charge in [0.05, 0.1) is 12.2 Å². The molecule has 1 saturated carbocycles. The van der Waals surface area contributed by atoms with Gasteiger partial charge in [-0.05, 0) is 74.1 Å². The third kappa shape index (κ3) is 5.63. The first-order valence-corrected chi connectivity index (χ1v) is 11.3. The van der Waals surface area contributed by atoms with Crippen molar-refractivity contribution in [1.29, 1.82) is 0 Å². The molecule has 2 aromatic carbocycles. The number of aryl methyl sites for hydroxylation is 1. The third-order valence-electron chi connectivity index (χ3n) is 6.31. The first-order chi connectivity index (χ1) is 14.9. The van der Waals surface area contributed by atoms with Crippen LogP contribution in [0.4, 0.5) is 8.78 Å². The number of carbonyl (C=O) groups excluding carboxylic acids is 1. The molecule has 0 atom stereocenters. The summed E-state index contributed by atoms with van der Waals surface area (Å²) in [7, 11) is 0. The smallest absolute Gasteiger partial charge is 0.271 e. The van der Waals surface area contributed by atoms with Crippen molar-refractivity contribution in [3.8, 4) is 11.5 Å². The van der Waals surface area contributed by atoms with Gasteiger partial charge in [0.15, 0.2) is 5.78 Å². The number of alkyl halides is 2. The van der Waals surface area contributed by atoms with E-state index in [1.807, 2.05) is 0 Å². The average Bonchev–Trinajstić information content (AvgIpc) is 2.75. The first-order valence-electron chi connectivity index (χ1n) is 11.3. The average molecular weight is 431 g/mol. The van der Waals surface area contributed by atoms with Crippen LogP contribution in [0.15, 0.2) is 36.4 Å². The molecule has 1 aliphatic rings. The molecule has 3 rings (SSSR count). The number of carbonyl (C=O) groups is 1. The van der Waals surface area contributed by atoms with Crippen LogP contribution >= 0.6 is 0 Å². The largest absolute Gasteiger partial charge is 0.507 e. The number of Topliss-reactive ketones (excluding diaryl/α,β-unsaturated/α-hetero) is 1. The maximum absolute atomic E-state index is 13.4. The lowest BCUT2D eigenvalue weighted by atomic mass is 9.76. The van der Waals surface area contributed by atoms with Crippen LogP contribution in [0, 0.1) is 5.92 Å². The van der Waals surface area contributed by atoms with Crippen molar-refractivity contribution < 1.29 is 23.4 Å². The number of halogens is 2. The maximum Gasteiger partial charge on any atom is 0.271 e. The second-order valence-electron chi connectivity index (χ2n) is 8.44. The van der Waals surface area contributed by atoms with Gasteiger partial charge in [-0.25, -0.2) is 8.78 Å². The molecule has 0 unspecified atom stereocenters. The standard InChI is InChI=1S/C26H32F2O3/c1-3-5-17-6-10-19(11-7-17)20-12-8-18(9-13-20)16-22(29)21-14-15-23(31-4-2)24(25(21)30)26(27)28/h6-7,10-11,14-15,18,20,26,30H,3-5,8-9,12-13,16H2,1-2H3. The van der Waals surface area contributed by atoms with Crippen LogP contribution in [0.5, 0.6) is 11.5 Å². The van der Waals surface area contributed by atoms with E-state index in [2.05, 4.69) is 31.2 Å². The zero-order chi connectivity index (χ0) is 22.4. The predicted molar refractivity (Wildman–Crippen MR) is 118 cm³/mol. The van der Waals surface area contributed by atoms with Crippen LogP contribution in [0.2, 0.25) is 0 Å². The quantitative estimate of drug-likeness (QED) is 0.427. The minimum absolute atomic E-state index is 0.0348. The van der Waals surface area contributed by atoms with Gasteiger partial charge in [0.25, 0.3) is 6.43 Å². The Hall–Kier alpha value is -2.43. The monoisotopic (exact) mass is 430 g/mol. The van der Waals surface area contributed by atoms with Crippen LogP contribution in [0.1, 0.15) is 91.8 Å². The van der Waals surface area contributed by atoms with E-state index in [1.165, 1.54) is 23.3 Å². The molecule has 0 radical (unpaired) electrons. The highest BCUT2D eigenvalue weighted by Crippen LogP contribution is 2.41. The van der Waals surface area contributed by atoms with Crippen LogP contribution < -0.4 is 4.74 Å². The van der Waals surface area contributed by atoms with E-state index in [0.717, 1.165) is 38.5 Å². The van der Waals surface area contributed by atoms with Gasteiger partial charge >= 0.3 is 0 Å². The molecular weight excluding hydrogens is 398 g/mol. The molecule has 3 nitrogen and oxygen atoms in total. The number of ketones is 1. The molecule has 1 fully saturated rings. The number of phenols is 1. The second kappa shape index (κ2) is 10.7.